The van der Waals surface area contributed by atoms with Crippen molar-refractivity contribution in [2.24, 2.45) is 5.73 Å². The van der Waals surface area contributed by atoms with Crippen molar-refractivity contribution in [1.82, 2.24) is 0 Å². The molecule has 0 bridgehead atoms. The first-order chi connectivity index (χ1) is 7.24. The Morgan fingerprint density at radius 1 is 1.06 bits per heavy atom. The van der Waals surface area contributed by atoms with Gasteiger partial charge in [0, 0.05) is 13.2 Å². The monoisotopic (exact) mass is 261 g/mol. The topological polar surface area (TPSA) is 66.5 Å². The maximum absolute atomic E-state index is 7.57. The van der Waals surface area contributed by atoms with Gasteiger partial charge in [0.15, 0.2) is 0 Å². The Kier molecular flexibility index (Phi) is 56.6. The molecular formula is C12H23NO2Ti. The molecule has 0 saturated carbocycles. The first-order valence-corrected chi connectivity index (χ1v) is 4.87. The predicted octanol–water partition coefficient (Wildman–Crippen LogP) is 1.26. The minimum absolute atomic E-state index is 0. The number of hydrogen-bond acceptors (Lipinski definition) is 3. The van der Waals surface area contributed by atoms with E-state index in [0.29, 0.717) is 6.54 Å². The van der Waals surface area contributed by atoms with Gasteiger partial charge in [-0.3, -0.25) is 0 Å². The molecule has 0 aliphatic rings. The summed E-state index contributed by atoms with van der Waals surface area (Å²) in [7, 11) is 0. The molecule has 0 heterocycles. The van der Waals surface area contributed by atoms with Crippen LogP contribution in [0.4, 0.5) is 0 Å². The van der Waals surface area contributed by atoms with Crippen molar-refractivity contribution in [3.05, 3.63) is 43.3 Å². The van der Waals surface area contributed by atoms with Gasteiger partial charge in [0.25, 0.3) is 0 Å². The summed E-state index contributed by atoms with van der Waals surface area (Å²) in [6.45, 7) is 7.62. The van der Waals surface area contributed by atoms with Crippen LogP contribution < -0.4 is 5.73 Å². The van der Waals surface area contributed by atoms with Crippen LogP contribution in [-0.2, 0) is 21.7 Å². The number of nitrogens with two attached hydrogens (primary N) is 1. The second kappa shape index (κ2) is 36.4. The third-order valence-corrected chi connectivity index (χ3v) is 0.607. The maximum Gasteiger partial charge on any atom is 2.00 e. The summed E-state index contributed by atoms with van der Waals surface area (Å²) < 4.78 is 0. The van der Waals surface area contributed by atoms with Crippen molar-refractivity contribution in [2.75, 3.05) is 19.8 Å². The molecule has 0 atom stereocenters. The van der Waals surface area contributed by atoms with Crippen LogP contribution in [0.25, 0.3) is 0 Å². The molecular weight excluding hydrogens is 238 g/mol. The molecule has 0 radical (unpaired) electrons. The molecule has 0 unspecified atom stereocenters. The van der Waals surface area contributed by atoms with Crippen LogP contribution in [0.1, 0.15) is 13.8 Å². The van der Waals surface area contributed by atoms with E-state index in [1.165, 1.54) is 0 Å². The molecule has 0 saturated heterocycles. The predicted molar refractivity (Wildman–Crippen MR) is 65.2 cm³/mol. The standard InChI is InChI=1S/C6H5.C2H6N.2C2H6O.Ti/c1-2-4-6-5-3-1;3*1-2-3;/h1-5H;1-3H2;2*3H,2H2,1H3;/q2*-1;;;+2. The van der Waals surface area contributed by atoms with Gasteiger partial charge >= 0.3 is 21.7 Å². The van der Waals surface area contributed by atoms with E-state index in [9.17, 15) is 0 Å². The molecule has 0 aliphatic heterocycles. The number of aliphatic hydroxyl groups is 2. The van der Waals surface area contributed by atoms with Crippen molar-refractivity contribution in [1.29, 1.82) is 0 Å². The van der Waals surface area contributed by atoms with Gasteiger partial charge in [-0.2, -0.15) is 36.4 Å². The fourth-order valence-electron chi connectivity index (χ4n) is 0.342. The summed E-state index contributed by atoms with van der Waals surface area (Å²) in [6, 6.07) is 12.5. The van der Waals surface area contributed by atoms with Crippen molar-refractivity contribution < 1.29 is 31.9 Å². The molecule has 0 fully saturated rings. The van der Waals surface area contributed by atoms with E-state index >= 15 is 0 Å². The van der Waals surface area contributed by atoms with Crippen LogP contribution in [0.2, 0.25) is 0 Å². The van der Waals surface area contributed by atoms with E-state index in [0.717, 1.165) is 0 Å². The van der Waals surface area contributed by atoms with Gasteiger partial charge < -0.3 is 22.9 Å². The average molecular weight is 261 g/mol. The van der Waals surface area contributed by atoms with Crippen LogP contribution >= 0.6 is 0 Å². The van der Waals surface area contributed by atoms with E-state index in [4.69, 9.17) is 15.9 Å². The second-order valence-corrected chi connectivity index (χ2v) is 2.00. The van der Waals surface area contributed by atoms with Crippen molar-refractivity contribution in [2.45, 2.75) is 13.8 Å². The number of aliphatic hydroxyl groups excluding tert-OH is 2. The van der Waals surface area contributed by atoms with Crippen molar-refractivity contribution in [3.63, 3.8) is 0 Å². The molecule has 0 amide bonds. The maximum atomic E-state index is 7.57. The number of rotatable bonds is 0. The first-order valence-electron chi connectivity index (χ1n) is 4.87. The van der Waals surface area contributed by atoms with E-state index in [1.807, 2.05) is 30.3 Å². The minimum atomic E-state index is 0. The van der Waals surface area contributed by atoms with Gasteiger partial charge in [0.2, 0.25) is 0 Å². The number of benzene rings is 1. The summed E-state index contributed by atoms with van der Waals surface area (Å²) in [5, 5.41) is 15.1. The fourth-order valence-corrected chi connectivity index (χ4v) is 0.342. The smallest absolute Gasteiger partial charge is 0.397 e. The molecule has 1 aromatic rings. The van der Waals surface area contributed by atoms with Gasteiger partial charge in [0.05, 0.1) is 0 Å². The third kappa shape index (κ3) is 67.1. The third-order valence-electron chi connectivity index (χ3n) is 0.607. The van der Waals surface area contributed by atoms with Crippen molar-refractivity contribution in [3.8, 4) is 0 Å². The quantitative estimate of drug-likeness (QED) is 0.486. The van der Waals surface area contributed by atoms with Crippen LogP contribution in [0.3, 0.4) is 0 Å². The summed E-state index contributed by atoms with van der Waals surface area (Å²) in [5.41, 5.74) is 4.74. The average Bonchev–Trinajstić information content (AvgIpc) is 2.24. The second-order valence-electron chi connectivity index (χ2n) is 2.00. The summed E-state index contributed by atoms with van der Waals surface area (Å²) >= 11 is 0. The zero-order valence-electron chi connectivity index (χ0n) is 10.2. The van der Waals surface area contributed by atoms with Gasteiger partial charge in [-0.1, -0.05) is 0 Å². The van der Waals surface area contributed by atoms with Crippen LogP contribution in [0, 0.1) is 13.0 Å². The van der Waals surface area contributed by atoms with Crippen LogP contribution in [0.15, 0.2) is 30.3 Å². The van der Waals surface area contributed by atoms with Crippen molar-refractivity contribution >= 4 is 0 Å². The summed E-state index contributed by atoms with van der Waals surface area (Å²) in [6.07, 6.45) is 0. The van der Waals surface area contributed by atoms with E-state index in [1.54, 1.807) is 13.8 Å². The SMILES string of the molecule is CCO.CCO.[CH2-]CN.[Ti+2].[c-]1ccccc1. The largest absolute Gasteiger partial charge is 2.00 e. The minimum Gasteiger partial charge on any atom is -0.397 e. The molecule has 3 nitrogen and oxygen atoms in total. The Bertz CT molecular complexity index is 119. The molecule has 92 valence electrons. The van der Waals surface area contributed by atoms with Gasteiger partial charge in [0.1, 0.15) is 0 Å². The summed E-state index contributed by atoms with van der Waals surface area (Å²) in [5.74, 6) is 0. The zero-order valence-corrected chi connectivity index (χ0v) is 11.7. The molecule has 4 N–H and O–H groups in total. The molecule has 4 heteroatoms. The number of hydrogen-bond donors (Lipinski definition) is 3. The van der Waals surface area contributed by atoms with Gasteiger partial charge in [-0.15, -0.1) is 6.54 Å². The Morgan fingerprint density at radius 3 is 1.38 bits per heavy atom. The Hall–Kier alpha value is -0.186. The van der Waals surface area contributed by atoms with E-state index in [-0.39, 0.29) is 34.9 Å². The van der Waals surface area contributed by atoms with E-state index in [2.05, 4.69) is 13.0 Å². The summed E-state index contributed by atoms with van der Waals surface area (Å²) in [4.78, 5) is 0. The fraction of sp³-hybridized carbons (Fsp3) is 0.417. The van der Waals surface area contributed by atoms with Crippen LogP contribution in [-0.4, -0.2) is 30.0 Å². The normalized spacial score (nSPS) is 6.38. The molecule has 16 heavy (non-hydrogen) atoms. The van der Waals surface area contributed by atoms with Crippen LogP contribution in [0.5, 0.6) is 0 Å². The first kappa shape index (κ1) is 24.9. The molecule has 0 aromatic heterocycles. The molecule has 0 spiro atoms. The Morgan fingerprint density at radius 2 is 1.31 bits per heavy atom. The molecule has 1 aromatic carbocycles. The van der Waals surface area contributed by atoms with Gasteiger partial charge in [-0.05, 0) is 13.8 Å². The molecule has 1 rings (SSSR count). The zero-order chi connectivity index (χ0) is 12.4. The Balaban J connectivity index is -0.0000000637. The Labute approximate surface area is 115 Å². The van der Waals surface area contributed by atoms with Gasteiger partial charge in [-0.25, -0.2) is 0 Å². The molecule has 0 aliphatic carbocycles. The van der Waals surface area contributed by atoms with E-state index < -0.39 is 0 Å².